The highest BCUT2D eigenvalue weighted by molar-refractivity contribution is 9.10. The van der Waals surface area contributed by atoms with Gasteiger partial charge in [0.1, 0.15) is 0 Å². The van der Waals surface area contributed by atoms with Gasteiger partial charge in [0.2, 0.25) is 0 Å². The summed E-state index contributed by atoms with van der Waals surface area (Å²) in [6.07, 6.45) is 0.964. The van der Waals surface area contributed by atoms with Crippen LogP contribution in [0.1, 0.15) is 32.7 Å². The molecule has 128 valence electrons. The van der Waals surface area contributed by atoms with Crippen LogP contribution in [-0.4, -0.2) is 10.9 Å². The molecule has 0 fully saturated rings. The summed E-state index contributed by atoms with van der Waals surface area (Å²) in [4.78, 5) is 18.4. The molecule has 3 nitrogen and oxygen atoms in total. The number of amides is 1. The number of aromatic nitrogens is 1. The number of nitrogens with one attached hydrogen (secondary N) is 1. The second-order valence-electron chi connectivity index (χ2n) is 5.85. The number of nitrogens with zero attached hydrogens (tertiary/aromatic N) is 1. The van der Waals surface area contributed by atoms with Gasteiger partial charge in [0, 0.05) is 26.2 Å². The van der Waals surface area contributed by atoms with Crippen molar-refractivity contribution >= 4 is 38.9 Å². The molecule has 1 aromatic heterocycles. The van der Waals surface area contributed by atoms with Gasteiger partial charge < -0.3 is 5.32 Å². The highest BCUT2D eigenvalue weighted by Crippen LogP contribution is 2.29. The monoisotopic (exact) mass is 414 g/mol. The number of hydrogen-bond acceptors (Lipinski definition) is 3. The molecule has 0 unspecified atom stereocenters. The fraction of sp³-hybridized carbons (Fsp3) is 0.200. The van der Waals surface area contributed by atoms with Crippen LogP contribution >= 0.6 is 27.3 Å². The minimum Gasteiger partial charge on any atom is -0.322 e. The molecule has 1 heterocycles. The van der Waals surface area contributed by atoms with Gasteiger partial charge in [-0.05, 0) is 56.2 Å². The summed E-state index contributed by atoms with van der Waals surface area (Å²) in [6, 6.07) is 13.4. The van der Waals surface area contributed by atoms with Crippen LogP contribution in [0.5, 0.6) is 0 Å². The molecule has 0 spiro atoms. The van der Waals surface area contributed by atoms with Crippen molar-refractivity contribution in [1.82, 2.24) is 4.98 Å². The molecule has 3 aromatic rings. The van der Waals surface area contributed by atoms with Crippen molar-refractivity contribution < 1.29 is 4.79 Å². The molecule has 0 aliphatic rings. The van der Waals surface area contributed by atoms with Gasteiger partial charge in [-0.2, -0.15) is 0 Å². The van der Waals surface area contributed by atoms with E-state index in [0.717, 1.165) is 38.4 Å². The average molecular weight is 415 g/mol. The lowest BCUT2D eigenvalue weighted by molar-refractivity contribution is 0.102. The number of rotatable bonds is 4. The summed E-state index contributed by atoms with van der Waals surface area (Å²) < 4.78 is 0.998. The number of halogens is 1. The minimum atomic E-state index is -0.109. The van der Waals surface area contributed by atoms with Crippen molar-refractivity contribution in [3.63, 3.8) is 0 Å². The first-order valence-corrected chi connectivity index (χ1v) is 9.73. The third-order valence-electron chi connectivity index (χ3n) is 3.98. The first-order chi connectivity index (χ1) is 12.0. The topological polar surface area (TPSA) is 42.0 Å². The Morgan fingerprint density at radius 3 is 2.52 bits per heavy atom. The predicted molar refractivity (Wildman–Crippen MR) is 108 cm³/mol. The molecule has 0 saturated heterocycles. The van der Waals surface area contributed by atoms with E-state index in [1.165, 1.54) is 4.88 Å². The summed E-state index contributed by atoms with van der Waals surface area (Å²) >= 11 is 5.16. The average Bonchev–Trinajstić information content (AvgIpc) is 2.98. The van der Waals surface area contributed by atoms with Crippen molar-refractivity contribution in [2.75, 3.05) is 5.32 Å². The van der Waals surface area contributed by atoms with Crippen LogP contribution in [0.4, 0.5) is 5.69 Å². The summed E-state index contributed by atoms with van der Waals surface area (Å²) in [6.45, 7) is 6.13. The number of aryl methyl sites for hydroxylation is 3. The molecular weight excluding hydrogens is 396 g/mol. The van der Waals surface area contributed by atoms with Gasteiger partial charge in [0.15, 0.2) is 0 Å². The second kappa shape index (κ2) is 7.50. The van der Waals surface area contributed by atoms with Crippen molar-refractivity contribution in [2.24, 2.45) is 0 Å². The van der Waals surface area contributed by atoms with E-state index in [4.69, 9.17) is 0 Å². The molecule has 3 rings (SSSR count). The maximum Gasteiger partial charge on any atom is 0.255 e. The van der Waals surface area contributed by atoms with Crippen molar-refractivity contribution in [2.45, 2.75) is 27.2 Å². The zero-order valence-electron chi connectivity index (χ0n) is 14.4. The Morgan fingerprint density at radius 2 is 1.88 bits per heavy atom. The number of thiazole rings is 1. The van der Waals surface area contributed by atoms with E-state index in [0.29, 0.717) is 5.56 Å². The maximum atomic E-state index is 12.5. The Balaban J connectivity index is 1.81. The molecule has 0 aliphatic carbocycles. The number of carbonyl (C=O) groups excluding carboxylic acids is 1. The van der Waals surface area contributed by atoms with E-state index in [1.54, 1.807) is 11.3 Å². The van der Waals surface area contributed by atoms with E-state index < -0.39 is 0 Å². The summed E-state index contributed by atoms with van der Waals surface area (Å²) in [5.41, 5.74) is 4.56. The maximum absolute atomic E-state index is 12.5. The molecule has 1 amide bonds. The van der Waals surface area contributed by atoms with Crippen molar-refractivity contribution in [3.8, 4) is 11.3 Å². The molecule has 2 aromatic carbocycles. The van der Waals surface area contributed by atoms with Crippen LogP contribution in [0.15, 0.2) is 46.9 Å². The zero-order chi connectivity index (χ0) is 18.0. The van der Waals surface area contributed by atoms with Gasteiger partial charge in [-0.3, -0.25) is 4.79 Å². The predicted octanol–water partition coefficient (Wildman–Crippen LogP) is 6.00. The molecular formula is C20H19BrN2OS. The van der Waals surface area contributed by atoms with E-state index in [-0.39, 0.29) is 5.91 Å². The zero-order valence-corrected chi connectivity index (χ0v) is 16.8. The highest BCUT2D eigenvalue weighted by atomic mass is 79.9. The van der Waals surface area contributed by atoms with E-state index in [2.05, 4.69) is 33.2 Å². The lowest BCUT2D eigenvalue weighted by Gasteiger charge is -2.09. The first kappa shape index (κ1) is 17.8. The van der Waals surface area contributed by atoms with Crippen LogP contribution < -0.4 is 5.32 Å². The van der Waals surface area contributed by atoms with Crippen LogP contribution in [-0.2, 0) is 6.42 Å². The van der Waals surface area contributed by atoms with Gasteiger partial charge in [0.25, 0.3) is 5.91 Å². The van der Waals surface area contributed by atoms with Gasteiger partial charge >= 0.3 is 0 Å². The van der Waals surface area contributed by atoms with E-state index >= 15 is 0 Å². The smallest absolute Gasteiger partial charge is 0.255 e. The largest absolute Gasteiger partial charge is 0.322 e. The van der Waals surface area contributed by atoms with Gasteiger partial charge in [-0.25, -0.2) is 4.98 Å². The Hall–Kier alpha value is -1.98. The lowest BCUT2D eigenvalue weighted by atomic mass is 10.1. The van der Waals surface area contributed by atoms with Crippen LogP contribution in [0.2, 0.25) is 0 Å². The highest BCUT2D eigenvalue weighted by Gasteiger charge is 2.12. The number of carbonyl (C=O) groups is 1. The standard InChI is InChI=1S/C20H19BrN2OS/c1-4-18-19(22-13(3)25-18)14-5-7-15(8-6-14)20(24)23-17-10-9-16(21)11-12(17)2/h5-11H,4H2,1-3H3,(H,23,24). The minimum absolute atomic E-state index is 0.109. The van der Waals surface area contributed by atoms with Crippen molar-refractivity contribution in [1.29, 1.82) is 0 Å². The van der Waals surface area contributed by atoms with Crippen molar-refractivity contribution in [3.05, 3.63) is 67.9 Å². The Kier molecular flexibility index (Phi) is 5.35. The third-order valence-corrected chi connectivity index (χ3v) is 5.59. The Bertz CT molecular complexity index is 916. The van der Waals surface area contributed by atoms with Gasteiger partial charge in [-0.15, -0.1) is 11.3 Å². The molecule has 0 aliphatic heterocycles. The molecule has 0 saturated carbocycles. The van der Waals surface area contributed by atoms with Crippen LogP contribution in [0.25, 0.3) is 11.3 Å². The van der Waals surface area contributed by atoms with Gasteiger partial charge in [-0.1, -0.05) is 35.0 Å². The molecule has 0 radical (unpaired) electrons. The fourth-order valence-electron chi connectivity index (χ4n) is 2.68. The summed E-state index contributed by atoms with van der Waals surface area (Å²) in [7, 11) is 0. The molecule has 1 N–H and O–H groups in total. The molecule has 0 atom stereocenters. The SMILES string of the molecule is CCc1sc(C)nc1-c1ccc(C(=O)Nc2ccc(Br)cc2C)cc1. The quantitative estimate of drug-likeness (QED) is 0.568. The normalized spacial score (nSPS) is 10.7. The number of benzene rings is 2. The number of hydrogen-bond donors (Lipinski definition) is 1. The summed E-state index contributed by atoms with van der Waals surface area (Å²) in [5.74, 6) is -0.109. The van der Waals surface area contributed by atoms with Crippen LogP contribution in [0.3, 0.4) is 0 Å². The second-order valence-corrected chi connectivity index (χ2v) is 8.05. The first-order valence-electron chi connectivity index (χ1n) is 8.12. The fourth-order valence-corrected chi connectivity index (χ4v) is 4.05. The molecule has 0 bridgehead atoms. The van der Waals surface area contributed by atoms with Gasteiger partial charge in [0.05, 0.1) is 10.7 Å². The third kappa shape index (κ3) is 3.99. The molecule has 25 heavy (non-hydrogen) atoms. The Labute approximate surface area is 160 Å². The Morgan fingerprint density at radius 1 is 1.16 bits per heavy atom. The van der Waals surface area contributed by atoms with Crippen LogP contribution in [0, 0.1) is 13.8 Å². The number of anilines is 1. The van der Waals surface area contributed by atoms with E-state index in [1.807, 2.05) is 56.3 Å². The molecule has 5 heteroatoms. The van der Waals surface area contributed by atoms with E-state index in [9.17, 15) is 4.79 Å². The lowest BCUT2D eigenvalue weighted by Crippen LogP contribution is -2.12. The summed E-state index contributed by atoms with van der Waals surface area (Å²) in [5, 5.41) is 4.04.